The predicted molar refractivity (Wildman–Crippen MR) is 95.4 cm³/mol. The zero-order valence-electron chi connectivity index (χ0n) is 14.9. The van der Waals surface area contributed by atoms with Crippen LogP contribution in [0, 0.1) is 13.8 Å². The van der Waals surface area contributed by atoms with Gasteiger partial charge in [0.05, 0.1) is 23.3 Å². The van der Waals surface area contributed by atoms with Gasteiger partial charge in [0.15, 0.2) is 0 Å². The minimum absolute atomic E-state index is 0.263. The molecule has 1 rings (SSSR count). The van der Waals surface area contributed by atoms with Crippen LogP contribution >= 0.6 is 0 Å². The highest BCUT2D eigenvalue weighted by molar-refractivity contribution is 5.70. The first-order chi connectivity index (χ1) is 10.1. The third kappa shape index (κ3) is 5.53. The number of nitrogens with zero attached hydrogens (tertiary/aromatic N) is 2. The second kappa shape index (κ2) is 7.45. The molecule has 22 heavy (non-hydrogen) atoms. The quantitative estimate of drug-likeness (QED) is 0.486. The second-order valence-electron chi connectivity index (χ2n) is 6.57. The van der Waals surface area contributed by atoms with Crippen molar-refractivity contribution in [3.63, 3.8) is 0 Å². The van der Waals surface area contributed by atoms with Gasteiger partial charge in [-0.05, 0) is 64.8 Å². The van der Waals surface area contributed by atoms with E-state index < -0.39 is 0 Å². The summed E-state index contributed by atoms with van der Waals surface area (Å²) in [6, 6.07) is 4.17. The number of aryl methyl sites for hydroxylation is 2. The van der Waals surface area contributed by atoms with E-state index in [1.54, 1.807) is 0 Å². The summed E-state index contributed by atoms with van der Waals surface area (Å²) in [5.74, 6) is 0. The molecule has 0 unspecified atom stereocenters. The lowest BCUT2D eigenvalue weighted by Crippen LogP contribution is -2.28. The van der Waals surface area contributed by atoms with E-state index in [-0.39, 0.29) is 5.60 Å². The Morgan fingerprint density at radius 2 is 1.95 bits per heavy atom. The van der Waals surface area contributed by atoms with Gasteiger partial charge >= 0.3 is 0 Å². The summed E-state index contributed by atoms with van der Waals surface area (Å²) < 4.78 is 0. The Bertz CT molecular complexity index is 556. The number of nitrogens with one attached hydrogen (secondary N) is 1. The summed E-state index contributed by atoms with van der Waals surface area (Å²) in [4.78, 5) is 12.2. The van der Waals surface area contributed by atoms with Crippen LogP contribution in [0.4, 0.5) is 5.69 Å². The Kier molecular flexibility index (Phi) is 6.18. The zero-order valence-corrected chi connectivity index (χ0v) is 14.9. The van der Waals surface area contributed by atoms with Gasteiger partial charge in [-0.2, -0.15) is 0 Å². The smallest absolute Gasteiger partial charge is 0.0909 e. The molecule has 0 aromatic heterocycles. The van der Waals surface area contributed by atoms with Gasteiger partial charge in [-0.15, -0.1) is 0 Å². The average molecular weight is 303 g/mol. The average Bonchev–Trinajstić information content (AvgIpc) is 2.44. The molecule has 1 aromatic rings. The van der Waals surface area contributed by atoms with Crippen LogP contribution in [0.5, 0.6) is 0 Å². The Hall–Kier alpha value is -1.81. The van der Waals surface area contributed by atoms with Crippen molar-refractivity contribution < 1.29 is 4.84 Å². The third-order valence-corrected chi connectivity index (χ3v) is 3.24. The highest BCUT2D eigenvalue weighted by atomic mass is 16.7. The number of hydroxylamine groups is 1. The summed E-state index contributed by atoms with van der Waals surface area (Å²) in [5, 5.41) is 0. The first kappa shape index (κ1) is 18.2. The van der Waals surface area contributed by atoms with Crippen LogP contribution in [-0.2, 0) is 4.84 Å². The maximum absolute atomic E-state index is 5.58. The van der Waals surface area contributed by atoms with Crippen molar-refractivity contribution in [3.05, 3.63) is 35.4 Å². The summed E-state index contributed by atoms with van der Waals surface area (Å²) in [6.45, 7) is 17.2. The van der Waals surface area contributed by atoms with Crippen LogP contribution < -0.4 is 5.48 Å². The van der Waals surface area contributed by atoms with Crippen LogP contribution in [0.1, 0.15) is 44.4 Å². The lowest BCUT2D eigenvalue weighted by Gasteiger charge is -2.22. The van der Waals surface area contributed by atoms with E-state index in [2.05, 4.69) is 50.0 Å². The van der Waals surface area contributed by atoms with Gasteiger partial charge < -0.3 is 4.90 Å². The van der Waals surface area contributed by atoms with Crippen molar-refractivity contribution in [3.8, 4) is 0 Å². The first-order valence-electron chi connectivity index (χ1n) is 7.63. The fourth-order valence-electron chi connectivity index (χ4n) is 1.78. The molecule has 0 amide bonds. The van der Waals surface area contributed by atoms with Crippen LogP contribution in [0.2, 0.25) is 0 Å². The maximum Gasteiger partial charge on any atom is 0.0909 e. The fraction of sp³-hybridized carbons (Fsp3) is 0.500. The molecule has 1 aromatic carbocycles. The maximum atomic E-state index is 5.58. The van der Waals surface area contributed by atoms with Gasteiger partial charge in [-0.3, -0.25) is 10.3 Å². The van der Waals surface area contributed by atoms with Crippen molar-refractivity contribution >= 4 is 17.7 Å². The van der Waals surface area contributed by atoms with Gasteiger partial charge in [0.25, 0.3) is 0 Å². The van der Waals surface area contributed by atoms with E-state index in [1.807, 2.05) is 39.1 Å². The monoisotopic (exact) mass is 303 g/mol. The standard InChI is InChI=1S/C18H29N3O/c1-9-21(8)12-19-17-11-13(2)16(10-14(17)3)15(4)20-22-18(5,6)7/h10-12,20H,4,9H2,1-3,5-8H3. The number of aliphatic imine (C=N–C) groups is 1. The molecule has 122 valence electrons. The molecule has 1 N–H and O–H groups in total. The second-order valence-corrected chi connectivity index (χ2v) is 6.57. The summed E-state index contributed by atoms with van der Waals surface area (Å²) in [6.07, 6.45) is 1.86. The van der Waals surface area contributed by atoms with E-state index in [0.29, 0.717) is 0 Å². The summed E-state index contributed by atoms with van der Waals surface area (Å²) in [5.41, 5.74) is 7.69. The topological polar surface area (TPSA) is 36.9 Å². The molecule has 0 fully saturated rings. The van der Waals surface area contributed by atoms with Crippen molar-refractivity contribution in [1.29, 1.82) is 0 Å². The molecule has 0 saturated carbocycles. The summed E-state index contributed by atoms with van der Waals surface area (Å²) >= 11 is 0. The van der Waals surface area contributed by atoms with Crippen LogP contribution in [0.25, 0.3) is 5.70 Å². The molecular formula is C18H29N3O. The Morgan fingerprint density at radius 1 is 1.32 bits per heavy atom. The van der Waals surface area contributed by atoms with E-state index in [0.717, 1.165) is 34.6 Å². The predicted octanol–water partition coefficient (Wildman–Crippen LogP) is 4.21. The van der Waals surface area contributed by atoms with Crippen molar-refractivity contribution in [2.45, 2.75) is 47.1 Å². The van der Waals surface area contributed by atoms with Gasteiger partial charge in [0.1, 0.15) is 0 Å². The van der Waals surface area contributed by atoms with E-state index in [4.69, 9.17) is 4.84 Å². The third-order valence-electron chi connectivity index (χ3n) is 3.24. The Labute approximate surface area is 134 Å². The Balaban J connectivity index is 2.94. The van der Waals surface area contributed by atoms with Gasteiger partial charge in [0.2, 0.25) is 0 Å². The number of hydrogen-bond donors (Lipinski definition) is 1. The van der Waals surface area contributed by atoms with Crippen molar-refractivity contribution in [2.75, 3.05) is 13.6 Å². The van der Waals surface area contributed by atoms with Crippen LogP contribution in [-0.4, -0.2) is 30.4 Å². The minimum atomic E-state index is -0.263. The largest absolute Gasteiger partial charge is 0.366 e. The molecule has 0 atom stereocenters. The lowest BCUT2D eigenvalue weighted by atomic mass is 10.0. The van der Waals surface area contributed by atoms with Crippen molar-refractivity contribution in [2.24, 2.45) is 4.99 Å². The molecule has 4 nitrogen and oxygen atoms in total. The molecule has 0 radical (unpaired) electrons. The number of hydrogen-bond acceptors (Lipinski definition) is 3. The molecule has 0 aliphatic rings. The molecule has 0 bridgehead atoms. The molecule has 0 aliphatic heterocycles. The summed E-state index contributed by atoms with van der Waals surface area (Å²) in [7, 11) is 2.01. The lowest BCUT2D eigenvalue weighted by molar-refractivity contribution is -0.0469. The normalized spacial score (nSPS) is 11.8. The van der Waals surface area contributed by atoms with E-state index in [1.165, 1.54) is 0 Å². The van der Waals surface area contributed by atoms with E-state index in [9.17, 15) is 0 Å². The molecule has 0 heterocycles. The number of benzene rings is 1. The van der Waals surface area contributed by atoms with Crippen LogP contribution in [0.3, 0.4) is 0 Å². The van der Waals surface area contributed by atoms with Gasteiger partial charge in [-0.25, -0.2) is 4.99 Å². The van der Waals surface area contributed by atoms with Gasteiger partial charge in [-0.1, -0.05) is 6.58 Å². The number of rotatable bonds is 6. The molecule has 4 heteroatoms. The molecule has 0 aliphatic carbocycles. The molecule has 0 spiro atoms. The SMILES string of the molecule is C=C(NOC(C)(C)C)c1cc(C)c(N=CN(C)CC)cc1C. The van der Waals surface area contributed by atoms with Crippen molar-refractivity contribution in [1.82, 2.24) is 10.4 Å². The van der Waals surface area contributed by atoms with Gasteiger partial charge in [0, 0.05) is 19.2 Å². The first-order valence-corrected chi connectivity index (χ1v) is 7.63. The highest BCUT2D eigenvalue weighted by Gasteiger charge is 2.13. The molecular weight excluding hydrogens is 274 g/mol. The fourth-order valence-corrected chi connectivity index (χ4v) is 1.78. The highest BCUT2D eigenvalue weighted by Crippen LogP contribution is 2.26. The van der Waals surface area contributed by atoms with E-state index >= 15 is 0 Å². The Morgan fingerprint density at radius 3 is 2.50 bits per heavy atom. The van der Waals surface area contributed by atoms with Crippen LogP contribution in [0.15, 0.2) is 23.7 Å². The molecule has 0 saturated heterocycles. The zero-order chi connectivity index (χ0) is 16.9. The minimum Gasteiger partial charge on any atom is -0.366 e.